The summed E-state index contributed by atoms with van der Waals surface area (Å²) in [4.78, 5) is 25.8. The van der Waals surface area contributed by atoms with Crippen LogP contribution in [0.2, 0.25) is 0 Å². The highest BCUT2D eigenvalue weighted by atomic mass is 32.2. The first-order valence-electron chi connectivity index (χ1n) is 13.5. The molecule has 0 fully saturated rings. The smallest absolute Gasteiger partial charge is 0.341 e. The monoisotopic (exact) mass is 592 g/mol. The number of carbonyl (C=O) groups is 2. The van der Waals surface area contributed by atoms with Crippen molar-refractivity contribution >= 4 is 40.0 Å². The predicted octanol–water partition coefficient (Wildman–Crippen LogP) is 7.42. The summed E-state index contributed by atoms with van der Waals surface area (Å²) in [5.41, 5.74) is 5.41. The molecule has 1 N–H and O–H groups in total. The molecule has 1 amide bonds. The first kappa shape index (κ1) is 30.3. The number of methoxy groups -OCH3 is 1. The fourth-order valence-corrected chi connectivity index (χ4v) is 6.24. The summed E-state index contributed by atoms with van der Waals surface area (Å²) in [6, 6.07) is 14.2. The Labute approximate surface area is 249 Å². The average Bonchev–Trinajstić information content (AvgIpc) is 3.57. The Morgan fingerprint density at radius 3 is 2.44 bits per heavy atom. The lowest BCUT2D eigenvalue weighted by Crippen LogP contribution is -2.17. The molecule has 2 aromatic heterocycles. The van der Waals surface area contributed by atoms with Crippen molar-refractivity contribution in [3.63, 3.8) is 0 Å². The molecule has 8 nitrogen and oxygen atoms in total. The fraction of sp³-hybridized carbons (Fsp3) is 0.355. The van der Waals surface area contributed by atoms with Gasteiger partial charge < -0.3 is 19.4 Å². The zero-order chi connectivity index (χ0) is 29.7. The number of aryl methyl sites for hydroxylation is 2. The Kier molecular flexibility index (Phi) is 9.88. The number of hydrogen-bond donors (Lipinski definition) is 1. The summed E-state index contributed by atoms with van der Waals surface area (Å²) in [6.07, 6.45) is -0.326. The molecule has 0 spiro atoms. The Balaban J connectivity index is 1.46. The van der Waals surface area contributed by atoms with Crippen LogP contribution in [-0.2, 0) is 16.1 Å². The molecule has 1 unspecified atom stereocenters. The van der Waals surface area contributed by atoms with E-state index in [1.807, 2.05) is 68.0 Å². The molecular weight excluding hydrogens is 556 g/mol. The molecule has 4 rings (SSSR count). The van der Waals surface area contributed by atoms with Crippen LogP contribution in [0.1, 0.15) is 72.6 Å². The molecule has 2 heterocycles. The number of anilines is 1. The van der Waals surface area contributed by atoms with Crippen molar-refractivity contribution in [2.45, 2.75) is 65.3 Å². The van der Waals surface area contributed by atoms with E-state index in [1.165, 1.54) is 35.8 Å². The molecule has 216 valence electrons. The van der Waals surface area contributed by atoms with Crippen LogP contribution in [0.15, 0.2) is 53.0 Å². The highest BCUT2D eigenvalue weighted by molar-refractivity contribution is 7.99. The number of esters is 1. The maximum atomic E-state index is 13.0. The van der Waals surface area contributed by atoms with Crippen LogP contribution in [0.5, 0.6) is 5.75 Å². The van der Waals surface area contributed by atoms with E-state index in [2.05, 4.69) is 41.5 Å². The summed E-state index contributed by atoms with van der Waals surface area (Å²) in [7, 11) is 1.34. The minimum atomic E-state index is -0.492. The van der Waals surface area contributed by atoms with Crippen molar-refractivity contribution in [2.24, 2.45) is 0 Å². The first-order valence-corrected chi connectivity index (χ1v) is 15.4. The number of hydrogen-bond acceptors (Lipinski definition) is 8. The highest BCUT2D eigenvalue weighted by Crippen LogP contribution is 2.38. The maximum absolute atomic E-state index is 13.0. The molecular formula is C31H36N4O4S2. The van der Waals surface area contributed by atoms with Crippen molar-refractivity contribution in [3.05, 3.63) is 75.9 Å². The Bertz CT molecular complexity index is 1530. The van der Waals surface area contributed by atoms with E-state index >= 15 is 0 Å². The molecule has 0 aliphatic carbocycles. The van der Waals surface area contributed by atoms with Crippen molar-refractivity contribution in [2.75, 3.05) is 18.2 Å². The third kappa shape index (κ3) is 7.00. The Morgan fingerprint density at radius 2 is 1.78 bits per heavy atom. The summed E-state index contributed by atoms with van der Waals surface area (Å²) < 4.78 is 13.2. The molecule has 0 aliphatic heterocycles. The second kappa shape index (κ2) is 13.4. The number of carbonyl (C=O) groups excluding carboxylic acids is 2. The molecule has 0 bridgehead atoms. The SMILES string of the molecule is CCn1c(SCC(=O)Nc2scc(-c3cc(C)ccc3C)c2C(=O)OC)nnc1C(C)Oc1ccc(C(C)C)cc1. The quantitative estimate of drug-likeness (QED) is 0.143. The van der Waals surface area contributed by atoms with E-state index < -0.39 is 5.97 Å². The van der Waals surface area contributed by atoms with Gasteiger partial charge in [0.1, 0.15) is 16.3 Å². The van der Waals surface area contributed by atoms with Gasteiger partial charge in [-0.05, 0) is 62.4 Å². The number of rotatable bonds is 11. The normalized spacial score (nSPS) is 11.9. The van der Waals surface area contributed by atoms with Gasteiger partial charge >= 0.3 is 5.97 Å². The predicted molar refractivity (Wildman–Crippen MR) is 165 cm³/mol. The summed E-state index contributed by atoms with van der Waals surface area (Å²) in [5, 5.41) is 14.6. The zero-order valence-corrected chi connectivity index (χ0v) is 26.1. The van der Waals surface area contributed by atoms with Gasteiger partial charge in [0.25, 0.3) is 0 Å². The molecule has 0 aliphatic rings. The maximum Gasteiger partial charge on any atom is 0.341 e. The van der Waals surface area contributed by atoms with Gasteiger partial charge in [-0.1, -0.05) is 61.5 Å². The van der Waals surface area contributed by atoms with E-state index in [4.69, 9.17) is 9.47 Å². The minimum absolute atomic E-state index is 0.0986. The third-order valence-electron chi connectivity index (χ3n) is 6.73. The van der Waals surface area contributed by atoms with Gasteiger partial charge in [0.15, 0.2) is 17.1 Å². The lowest BCUT2D eigenvalue weighted by Gasteiger charge is -2.16. The van der Waals surface area contributed by atoms with Crippen LogP contribution < -0.4 is 10.1 Å². The molecule has 1 atom stereocenters. The second-order valence-electron chi connectivity index (χ2n) is 10.1. The summed E-state index contributed by atoms with van der Waals surface area (Å²) in [5.74, 6) is 1.25. The number of nitrogens with one attached hydrogen (secondary N) is 1. The number of benzene rings is 2. The van der Waals surface area contributed by atoms with Crippen LogP contribution >= 0.6 is 23.1 Å². The molecule has 41 heavy (non-hydrogen) atoms. The second-order valence-corrected chi connectivity index (χ2v) is 11.9. The summed E-state index contributed by atoms with van der Waals surface area (Å²) in [6.45, 7) is 12.9. The van der Waals surface area contributed by atoms with Gasteiger partial charge in [0.05, 0.1) is 12.9 Å². The third-order valence-corrected chi connectivity index (χ3v) is 8.60. The largest absolute Gasteiger partial charge is 0.483 e. The zero-order valence-electron chi connectivity index (χ0n) is 24.5. The average molecular weight is 593 g/mol. The van der Waals surface area contributed by atoms with Gasteiger partial charge in [-0.3, -0.25) is 4.79 Å². The van der Waals surface area contributed by atoms with E-state index in [-0.39, 0.29) is 17.8 Å². The van der Waals surface area contributed by atoms with Crippen LogP contribution in [0.3, 0.4) is 0 Å². The van der Waals surface area contributed by atoms with Gasteiger partial charge in [-0.15, -0.1) is 21.5 Å². The van der Waals surface area contributed by atoms with E-state index in [0.29, 0.717) is 34.0 Å². The standard InChI is InChI=1S/C31H36N4O4S2/c1-8-35-28(21(6)39-23-13-11-22(12-14-23)18(2)3)33-34-31(35)41-17-26(36)32-29-27(30(37)38-7)25(16-40-29)24-15-19(4)9-10-20(24)5/h9-16,18,21H,8,17H2,1-7H3,(H,32,36). The molecule has 0 radical (unpaired) electrons. The number of thiophene rings is 1. The molecule has 2 aromatic carbocycles. The van der Waals surface area contributed by atoms with Crippen molar-refractivity contribution in [1.29, 1.82) is 0 Å². The van der Waals surface area contributed by atoms with Gasteiger partial charge in [-0.25, -0.2) is 4.79 Å². The lowest BCUT2D eigenvalue weighted by atomic mass is 9.97. The van der Waals surface area contributed by atoms with E-state index in [0.717, 1.165) is 28.0 Å². The highest BCUT2D eigenvalue weighted by Gasteiger charge is 2.24. The number of aromatic nitrogens is 3. The van der Waals surface area contributed by atoms with Crippen LogP contribution in [0, 0.1) is 13.8 Å². The number of ether oxygens (including phenoxy) is 2. The van der Waals surface area contributed by atoms with Gasteiger partial charge in [0, 0.05) is 17.5 Å². The van der Waals surface area contributed by atoms with Crippen molar-refractivity contribution < 1.29 is 19.1 Å². The Hall–Kier alpha value is -3.63. The number of nitrogens with zero attached hydrogens (tertiary/aromatic N) is 3. The molecule has 10 heteroatoms. The van der Waals surface area contributed by atoms with Gasteiger partial charge in [0.2, 0.25) is 5.91 Å². The Morgan fingerprint density at radius 1 is 1.05 bits per heavy atom. The minimum Gasteiger partial charge on any atom is -0.483 e. The number of thioether (sulfide) groups is 1. The molecule has 0 saturated heterocycles. The molecule has 4 aromatic rings. The lowest BCUT2D eigenvalue weighted by molar-refractivity contribution is -0.113. The summed E-state index contributed by atoms with van der Waals surface area (Å²) >= 11 is 2.59. The topological polar surface area (TPSA) is 95.3 Å². The van der Waals surface area contributed by atoms with Crippen molar-refractivity contribution in [1.82, 2.24) is 14.8 Å². The van der Waals surface area contributed by atoms with E-state index in [1.54, 1.807) is 0 Å². The van der Waals surface area contributed by atoms with Crippen molar-refractivity contribution in [3.8, 4) is 16.9 Å². The van der Waals surface area contributed by atoms with Gasteiger partial charge in [-0.2, -0.15) is 0 Å². The van der Waals surface area contributed by atoms with E-state index in [9.17, 15) is 9.59 Å². The molecule has 0 saturated carbocycles. The van der Waals surface area contributed by atoms with Crippen LogP contribution in [0.25, 0.3) is 11.1 Å². The van der Waals surface area contributed by atoms with Crippen LogP contribution in [-0.4, -0.2) is 39.5 Å². The fourth-order valence-electron chi connectivity index (χ4n) is 4.46. The first-order chi connectivity index (χ1) is 19.6. The number of amides is 1. The van der Waals surface area contributed by atoms with Crippen LogP contribution in [0.4, 0.5) is 5.00 Å².